The molecule has 0 radical (unpaired) electrons. The van der Waals surface area contributed by atoms with E-state index >= 15 is 0 Å². The molecule has 47 heavy (non-hydrogen) atoms. The quantitative estimate of drug-likeness (QED) is 0.196. The molecule has 1 aliphatic heterocycles. The van der Waals surface area contributed by atoms with Crippen LogP contribution in [0.15, 0.2) is 146 Å². The molecule has 9 rings (SSSR count). The Balaban J connectivity index is 1.19. The zero-order valence-corrected chi connectivity index (χ0v) is 26.9. The summed E-state index contributed by atoms with van der Waals surface area (Å²) in [6.07, 6.45) is 0. The van der Waals surface area contributed by atoms with Gasteiger partial charge in [-0.15, -0.1) is 11.3 Å². The Hall–Kier alpha value is -5.65. The molecule has 0 fully saturated rings. The van der Waals surface area contributed by atoms with Gasteiger partial charge in [0.15, 0.2) is 17.5 Å². The summed E-state index contributed by atoms with van der Waals surface area (Å²) in [4.78, 5) is 17.6. The monoisotopic (exact) mass is 622 g/mol. The number of thiophene rings is 1. The van der Waals surface area contributed by atoms with E-state index in [9.17, 15) is 0 Å². The fourth-order valence-corrected chi connectivity index (χ4v) is 8.18. The summed E-state index contributed by atoms with van der Waals surface area (Å²) < 4.78 is 2.44. The van der Waals surface area contributed by atoms with Gasteiger partial charge in [0, 0.05) is 48.0 Å². The summed E-state index contributed by atoms with van der Waals surface area (Å²) in [5, 5.41) is 2.48. The van der Waals surface area contributed by atoms with Crippen LogP contribution in [0.3, 0.4) is 0 Å². The van der Waals surface area contributed by atoms with E-state index in [2.05, 4.69) is 146 Å². The Morgan fingerprint density at radius 3 is 1.74 bits per heavy atom. The van der Waals surface area contributed by atoms with E-state index < -0.39 is 0 Å². The van der Waals surface area contributed by atoms with Crippen molar-refractivity contribution in [2.24, 2.45) is 0 Å². The predicted octanol–water partition coefficient (Wildman–Crippen LogP) is 11.3. The molecule has 6 aromatic carbocycles. The van der Waals surface area contributed by atoms with Crippen molar-refractivity contribution >= 4 is 48.6 Å². The molecule has 0 unspecified atom stereocenters. The van der Waals surface area contributed by atoms with E-state index in [0.29, 0.717) is 17.5 Å². The summed E-state index contributed by atoms with van der Waals surface area (Å²) in [7, 11) is 0. The fourth-order valence-electron chi connectivity index (χ4n) is 6.97. The second kappa shape index (κ2) is 10.7. The Kier molecular flexibility index (Phi) is 6.30. The molecule has 0 saturated carbocycles. The Labute approximate surface area is 277 Å². The van der Waals surface area contributed by atoms with Crippen LogP contribution in [0.5, 0.6) is 0 Å². The molecular formula is C42H30N4S. The lowest BCUT2D eigenvalue weighted by molar-refractivity contribution is 0.632. The van der Waals surface area contributed by atoms with Crippen LogP contribution in [0, 0.1) is 0 Å². The minimum Gasteiger partial charge on any atom is -0.310 e. The average molecular weight is 623 g/mol. The standard InChI is InChI=1S/C42H30N4S/c1-42(2)33-18-7-9-20-35(33)46(36-21-10-8-19-34(36)42)29-25-23-28(24-26-29)40-43-39(27-13-4-3-5-14-27)44-41(45-40)32-17-12-16-31-30-15-6-11-22-37(30)47-38(31)32/h3-26H,1-2H3. The Morgan fingerprint density at radius 2 is 1.04 bits per heavy atom. The molecule has 5 heteroatoms. The third-order valence-electron chi connectivity index (χ3n) is 9.33. The Morgan fingerprint density at radius 1 is 0.489 bits per heavy atom. The van der Waals surface area contributed by atoms with Crippen LogP contribution in [-0.4, -0.2) is 15.0 Å². The van der Waals surface area contributed by atoms with Crippen LogP contribution in [0.25, 0.3) is 54.3 Å². The van der Waals surface area contributed by atoms with Gasteiger partial charge in [0.25, 0.3) is 0 Å². The molecule has 1 aliphatic rings. The highest BCUT2D eigenvalue weighted by molar-refractivity contribution is 7.26. The Bertz CT molecular complexity index is 2400. The average Bonchev–Trinajstić information content (AvgIpc) is 3.51. The van der Waals surface area contributed by atoms with Crippen molar-refractivity contribution in [3.8, 4) is 34.2 Å². The maximum absolute atomic E-state index is 5.12. The van der Waals surface area contributed by atoms with Crippen molar-refractivity contribution in [1.82, 2.24) is 15.0 Å². The molecule has 4 nitrogen and oxygen atoms in total. The van der Waals surface area contributed by atoms with Gasteiger partial charge in [0.05, 0.1) is 11.4 Å². The highest BCUT2D eigenvalue weighted by atomic mass is 32.1. The van der Waals surface area contributed by atoms with Crippen LogP contribution in [0.1, 0.15) is 25.0 Å². The lowest BCUT2D eigenvalue weighted by Crippen LogP contribution is -2.30. The van der Waals surface area contributed by atoms with Gasteiger partial charge in [-0.2, -0.15) is 0 Å². The van der Waals surface area contributed by atoms with Gasteiger partial charge in [-0.1, -0.05) is 111 Å². The number of anilines is 3. The number of nitrogens with zero attached hydrogens (tertiary/aromatic N) is 4. The van der Waals surface area contributed by atoms with Crippen LogP contribution in [0.4, 0.5) is 17.1 Å². The van der Waals surface area contributed by atoms with E-state index in [1.807, 2.05) is 18.2 Å². The fraction of sp³-hybridized carbons (Fsp3) is 0.0714. The van der Waals surface area contributed by atoms with Crippen LogP contribution in [0.2, 0.25) is 0 Å². The molecule has 2 aromatic heterocycles. The molecule has 0 aliphatic carbocycles. The predicted molar refractivity (Wildman–Crippen MR) is 196 cm³/mol. The van der Waals surface area contributed by atoms with Gasteiger partial charge in [0.1, 0.15) is 0 Å². The zero-order valence-electron chi connectivity index (χ0n) is 26.1. The SMILES string of the molecule is CC1(C)c2ccccc2N(c2ccc(-c3nc(-c4ccccc4)nc(-c4cccc5c4sc4ccccc45)n3)cc2)c2ccccc21. The maximum Gasteiger partial charge on any atom is 0.165 e. The minimum atomic E-state index is -0.101. The zero-order chi connectivity index (χ0) is 31.5. The van der Waals surface area contributed by atoms with E-state index in [0.717, 1.165) is 22.4 Å². The summed E-state index contributed by atoms with van der Waals surface area (Å²) in [6, 6.07) is 51.2. The van der Waals surface area contributed by atoms with E-state index in [4.69, 9.17) is 15.0 Å². The first kappa shape index (κ1) is 27.6. The highest BCUT2D eigenvalue weighted by Gasteiger charge is 2.36. The first-order valence-electron chi connectivity index (χ1n) is 15.9. The molecule has 8 aromatic rings. The van der Waals surface area contributed by atoms with Gasteiger partial charge in [-0.05, 0) is 59.7 Å². The van der Waals surface area contributed by atoms with Crippen LogP contribution in [-0.2, 0) is 5.41 Å². The van der Waals surface area contributed by atoms with Gasteiger partial charge in [-0.25, -0.2) is 15.0 Å². The number of hydrogen-bond acceptors (Lipinski definition) is 5. The van der Waals surface area contributed by atoms with Crippen molar-refractivity contribution in [3.05, 3.63) is 157 Å². The topological polar surface area (TPSA) is 41.9 Å². The van der Waals surface area contributed by atoms with Crippen LogP contribution < -0.4 is 4.90 Å². The molecule has 0 atom stereocenters. The summed E-state index contributed by atoms with van der Waals surface area (Å²) in [5.41, 5.74) is 8.94. The first-order valence-corrected chi connectivity index (χ1v) is 16.7. The van der Waals surface area contributed by atoms with Gasteiger partial charge >= 0.3 is 0 Å². The largest absolute Gasteiger partial charge is 0.310 e. The highest BCUT2D eigenvalue weighted by Crippen LogP contribution is 2.51. The van der Waals surface area contributed by atoms with Crippen molar-refractivity contribution in [2.45, 2.75) is 19.3 Å². The van der Waals surface area contributed by atoms with E-state index in [1.165, 1.54) is 42.7 Å². The van der Waals surface area contributed by atoms with Crippen molar-refractivity contribution in [2.75, 3.05) is 4.90 Å². The summed E-state index contributed by atoms with van der Waals surface area (Å²) in [5.74, 6) is 1.99. The van der Waals surface area contributed by atoms with E-state index in [1.54, 1.807) is 11.3 Å². The number of fused-ring (bicyclic) bond motifs is 5. The normalized spacial score (nSPS) is 13.4. The van der Waals surface area contributed by atoms with Crippen molar-refractivity contribution in [3.63, 3.8) is 0 Å². The summed E-state index contributed by atoms with van der Waals surface area (Å²) in [6.45, 7) is 4.63. The molecule has 0 bridgehead atoms. The summed E-state index contributed by atoms with van der Waals surface area (Å²) >= 11 is 1.79. The number of para-hydroxylation sites is 2. The number of aromatic nitrogens is 3. The van der Waals surface area contributed by atoms with Gasteiger partial charge in [0.2, 0.25) is 0 Å². The lowest BCUT2D eigenvalue weighted by Gasteiger charge is -2.42. The second-order valence-corrected chi connectivity index (χ2v) is 13.5. The number of hydrogen-bond donors (Lipinski definition) is 0. The van der Waals surface area contributed by atoms with Crippen molar-refractivity contribution in [1.29, 1.82) is 0 Å². The lowest BCUT2D eigenvalue weighted by atomic mass is 9.73. The van der Waals surface area contributed by atoms with Crippen LogP contribution >= 0.6 is 11.3 Å². The first-order chi connectivity index (χ1) is 23.1. The van der Waals surface area contributed by atoms with Gasteiger partial charge in [-0.3, -0.25) is 0 Å². The number of benzene rings is 6. The third kappa shape index (κ3) is 4.46. The van der Waals surface area contributed by atoms with E-state index in [-0.39, 0.29) is 5.41 Å². The minimum absolute atomic E-state index is 0.101. The van der Waals surface area contributed by atoms with Gasteiger partial charge < -0.3 is 4.90 Å². The molecular weight excluding hydrogens is 593 g/mol. The smallest absolute Gasteiger partial charge is 0.165 e. The second-order valence-electron chi connectivity index (χ2n) is 12.5. The molecule has 3 heterocycles. The number of rotatable bonds is 4. The molecule has 224 valence electrons. The maximum atomic E-state index is 5.12. The molecule has 0 spiro atoms. The third-order valence-corrected chi connectivity index (χ3v) is 10.6. The molecule has 0 amide bonds. The molecule has 0 saturated heterocycles. The molecule has 0 N–H and O–H groups in total. The van der Waals surface area contributed by atoms with Crippen molar-refractivity contribution < 1.29 is 0 Å².